The molecule has 0 radical (unpaired) electrons. The third-order valence-corrected chi connectivity index (χ3v) is 4.10. The van der Waals surface area contributed by atoms with Crippen LogP contribution in [0, 0.1) is 5.41 Å². The Kier molecular flexibility index (Phi) is 4.22. The first-order chi connectivity index (χ1) is 8.68. The fraction of sp³-hybridized carbons (Fsp3) is 0.846. The van der Waals surface area contributed by atoms with Gasteiger partial charge in [0.15, 0.2) is 0 Å². The van der Waals surface area contributed by atoms with Crippen LogP contribution in [0.5, 0.6) is 0 Å². The highest BCUT2D eigenvalue weighted by Crippen LogP contribution is 2.37. The van der Waals surface area contributed by atoms with Crippen molar-refractivity contribution in [1.82, 2.24) is 10.2 Å². The third kappa shape index (κ3) is 2.66. The van der Waals surface area contributed by atoms with E-state index in [4.69, 9.17) is 4.74 Å². The van der Waals surface area contributed by atoms with E-state index in [1.807, 2.05) is 11.8 Å². The molecule has 18 heavy (non-hydrogen) atoms. The number of likely N-dealkylation sites (tertiary alicyclic amines) is 1. The zero-order valence-corrected chi connectivity index (χ0v) is 11.0. The van der Waals surface area contributed by atoms with Crippen LogP contribution in [0.4, 0.5) is 0 Å². The van der Waals surface area contributed by atoms with Crippen molar-refractivity contribution in [2.75, 3.05) is 32.8 Å². The third-order valence-electron chi connectivity index (χ3n) is 4.10. The quantitative estimate of drug-likeness (QED) is 0.800. The molecule has 0 unspecified atom stereocenters. The van der Waals surface area contributed by atoms with Crippen molar-refractivity contribution >= 4 is 11.8 Å². The highest BCUT2D eigenvalue weighted by molar-refractivity contribution is 5.85. The van der Waals surface area contributed by atoms with Gasteiger partial charge in [0.05, 0.1) is 5.41 Å². The molecule has 0 bridgehead atoms. The molecule has 2 aliphatic rings. The lowest BCUT2D eigenvalue weighted by Gasteiger charge is -2.24. The zero-order chi connectivity index (χ0) is 13.0. The lowest BCUT2D eigenvalue weighted by atomic mass is 9.79. The van der Waals surface area contributed by atoms with E-state index in [1.54, 1.807) is 0 Å². The van der Waals surface area contributed by atoms with Crippen molar-refractivity contribution in [3.63, 3.8) is 0 Å². The van der Waals surface area contributed by atoms with Gasteiger partial charge >= 0.3 is 0 Å². The molecule has 0 aromatic heterocycles. The molecule has 1 spiro atoms. The summed E-state index contributed by atoms with van der Waals surface area (Å²) in [5, 5.41) is 2.92. The molecular weight excluding hydrogens is 232 g/mol. The van der Waals surface area contributed by atoms with Crippen LogP contribution in [0.3, 0.4) is 0 Å². The van der Waals surface area contributed by atoms with Crippen molar-refractivity contribution < 1.29 is 14.3 Å². The molecule has 2 rings (SSSR count). The van der Waals surface area contributed by atoms with Crippen LogP contribution in [-0.4, -0.2) is 49.6 Å². The maximum absolute atomic E-state index is 11.9. The summed E-state index contributed by atoms with van der Waals surface area (Å²) in [6.45, 7) is 4.82. The first-order valence-electron chi connectivity index (χ1n) is 6.82. The maximum Gasteiger partial charge on any atom is 0.248 e. The molecule has 2 saturated heterocycles. The number of hydrogen-bond acceptors (Lipinski definition) is 3. The largest absolute Gasteiger partial charge is 0.372 e. The molecule has 2 fully saturated rings. The molecule has 2 amide bonds. The lowest BCUT2D eigenvalue weighted by Crippen LogP contribution is -2.36. The van der Waals surface area contributed by atoms with Crippen molar-refractivity contribution in [2.45, 2.75) is 32.6 Å². The van der Waals surface area contributed by atoms with E-state index in [0.717, 1.165) is 38.8 Å². The van der Waals surface area contributed by atoms with Gasteiger partial charge in [-0.3, -0.25) is 9.59 Å². The van der Waals surface area contributed by atoms with Crippen LogP contribution >= 0.6 is 0 Å². The fourth-order valence-electron chi connectivity index (χ4n) is 2.92. The van der Waals surface area contributed by atoms with Crippen LogP contribution in [0.2, 0.25) is 0 Å². The minimum atomic E-state index is -0.208. The summed E-state index contributed by atoms with van der Waals surface area (Å²) in [4.78, 5) is 25.7. The van der Waals surface area contributed by atoms with Gasteiger partial charge in [-0.2, -0.15) is 0 Å². The zero-order valence-electron chi connectivity index (χ0n) is 11.0. The molecule has 5 nitrogen and oxygen atoms in total. The minimum absolute atomic E-state index is 0.0484. The van der Waals surface area contributed by atoms with Gasteiger partial charge < -0.3 is 15.0 Å². The Balaban J connectivity index is 1.92. The summed E-state index contributed by atoms with van der Waals surface area (Å²) in [5.74, 6) is 0.230. The van der Waals surface area contributed by atoms with Gasteiger partial charge in [0.25, 0.3) is 0 Å². The molecule has 2 aliphatic heterocycles. The van der Waals surface area contributed by atoms with Crippen molar-refractivity contribution in [1.29, 1.82) is 0 Å². The van der Waals surface area contributed by atoms with E-state index in [0.29, 0.717) is 13.2 Å². The van der Waals surface area contributed by atoms with Crippen molar-refractivity contribution in [3.05, 3.63) is 0 Å². The van der Waals surface area contributed by atoms with E-state index in [-0.39, 0.29) is 23.8 Å². The van der Waals surface area contributed by atoms with E-state index in [2.05, 4.69) is 5.32 Å². The maximum atomic E-state index is 11.9. The summed E-state index contributed by atoms with van der Waals surface area (Å²) < 4.78 is 5.16. The van der Waals surface area contributed by atoms with E-state index >= 15 is 0 Å². The smallest absolute Gasteiger partial charge is 0.248 e. The van der Waals surface area contributed by atoms with E-state index in [1.165, 1.54) is 0 Å². The van der Waals surface area contributed by atoms with Crippen molar-refractivity contribution in [2.24, 2.45) is 5.41 Å². The van der Waals surface area contributed by atoms with Gasteiger partial charge in [0.2, 0.25) is 11.8 Å². The molecule has 2 heterocycles. The Morgan fingerprint density at radius 3 is 2.89 bits per heavy atom. The average molecular weight is 254 g/mol. The molecule has 5 heteroatoms. The Morgan fingerprint density at radius 1 is 1.39 bits per heavy atom. The lowest BCUT2D eigenvalue weighted by molar-refractivity contribution is -0.136. The molecule has 1 N–H and O–H groups in total. The Labute approximate surface area is 108 Å². The first-order valence-corrected chi connectivity index (χ1v) is 6.82. The van der Waals surface area contributed by atoms with Crippen LogP contribution in [-0.2, 0) is 14.3 Å². The highest BCUT2D eigenvalue weighted by atomic mass is 16.5. The van der Waals surface area contributed by atoms with Crippen LogP contribution < -0.4 is 5.32 Å². The molecular formula is C13H22N2O3. The number of nitrogens with zero attached hydrogens (tertiary/aromatic N) is 1. The highest BCUT2D eigenvalue weighted by Gasteiger charge is 2.43. The number of hydrogen-bond donors (Lipinski definition) is 1. The van der Waals surface area contributed by atoms with Gasteiger partial charge in [-0.25, -0.2) is 0 Å². The number of rotatable bonds is 3. The standard InChI is InChI=1S/C13H22N2O3/c1-2-18-10-11(16)15-8-3-4-13(6-9-15)5-7-14-12(13)17/h2-10H2,1H3,(H,14,17)/t13-/m0/s1. The second-order valence-corrected chi connectivity index (χ2v) is 5.16. The van der Waals surface area contributed by atoms with Gasteiger partial charge in [0, 0.05) is 26.2 Å². The first kappa shape index (κ1) is 13.3. The van der Waals surface area contributed by atoms with Crippen LogP contribution in [0.25, 0.3) is 0 Å². The summed E-state index contributed by atoms with van der Waals surface area (Å²) in [5.41, 5.74) is -0.208. The number of nitrogens with one attached hydrogen (secondary N) is 1. The predicted octanol–water partition coefficient (Wildman–Crippen LogP) is 0.542. The monoisotopic (exact) mass is 254 g/mol. The van der Waals surface area contributed by atoms with E-state index in [9.17, 15) is 9.59 Å². The molecule has 0 aliphatic carbocycles. The number of amides is 2. The van der Waals surface area contributed by atoms with E-state index < -0.39 is 0 Å². The SMILES string of the molecule is CCOCC(=O)N1CCC[C@]2(CCNC2=O)CC1. The second-order valence-electron chi connectivity index (χ2n) is 5.16. The van der Waals surface area contributed by atoms with Crippen molar-refractivity contribution in [3.8, 4) is 0 Å². The number of carbonyl (C=O) groups is 2. The fourth-order valence-corrected chi connectivity index (χ4v) is 2.92. The number of carbonyl (C=O) groups excluding carboxylic acids is 2. The normalized spacial score (nSPS) is 28.3. The van der Waals surface area contributed by atoms with Gasteiger partial charge in [-0.05, 0) is 32.6 Å². The van der Waals surface area contributed by atoms with Gasteiger partial charge in [0.1, 0.15) is 6.61 Å². The second kappa shape index (κ2) is 5.69. The summed E-state index contributed by atoms with van der Waals surface area (Å²) in [7, 11) is 0. The molecule has 0 aromatic rings. The van der Waals surface area contributed by atoms with Gasteiger partial charge in [-0.15, -0.1) is 0 Å². The Morgan fingerprint density at radius 2 is 2.22 bits per heavy atom. The Bertz CT molecular complexity index is 332. The topological polar surface area (TPSA) is 58.6 Å². The van der Waals surface area contributed by atoms with Crippen LogP contribution in [0.15, 0.2) is 0 Å². The number of ether oxygens (including phenoxy) is 1. The van der Waals surface area contributed by atoms with Gasteiger partial charge in [-0.1, -0.05) is 0 Å². The summed E-state index contributed by atoms with van der Waals surface area (Å²) in [6.07, 6.45) is 3.51. The predicted molar refractivity (Wildman–Crippen MR) is 67.0 cm³/mol. The summed E-state index contributed by atoms with van der Waals surface area (Å²) in [6, 6.07) is 0. The van der Waals surface area contributed by atoms with Crippen LogP contribution in [0.1, 0.15) is 32.6 Å². The molecule has 102 valence electrons. The average Bonchev–Trinajstić information content (AvgIpc) is 2.61. The molecule has 0 saturated carbocycles. The molecule has 1 atom stereocenters. The summed E-state index contributed by atoms with van der Waals surface area (Å²) >= 11 is 0. The molecule has 0 aromatic carbocycles. The minimum Gasteiger partial charge on any atom is -0.372 e. The Hall–Kier alpha value is -1.10.